The van der Waals surface area contributed by atoms with Gasteiger partial charge in [-0.15, -0.1) is 0 Å². The van der Waals surface area contributed by atoms with Crippen molar-refractivity contribution in [1.82, 2.24) is 10.2 Å². The highest BCUT2D eigenvalue weighted by Gasteiger charge is 2.38. The zero-order valence-corrected chi connectivity index (χ0v) is 12.1. The summed E-state index contributed by atoms with van der Waals surface area (Å²) in [6.07, 6.45) is 3.30. The molecule has 0 bridgehead atoms. The van der Waals surface area contributed by atoms with Crippen LogP contribution in [0.2, 0.25) is 0 Å². The lowest BCUT2D eigenvalue weighted by atomic mass is 9.78. The number of carbonyl (C=O) groups excluding carboxylic acids is 1. The summed E-state index contributed by atoms with van der Waals surface area (Å²) in [5.41, 5.74) is 0.392. The van der Waals surface area contributed by atoms with Crippen LogP contribution in [0.15, 0.2) is 24.3 Å². The smallest absolute Gasteiger partial charge is 0.260 e. The van der Waals surface area contributed by atoms with Crippen LogP contribution in [-0.4, -0.2) is 43.6 Å². The summed E-state index contributed by atoms with van der Waals surface area (Å²) in [4.78, 5) is 14.0. The number of nitrogens with one attached hydrogen (secondary N) is 1. The molecule has 2 aliphatic heterocycles. The van der Waals surface area contributed by atoms with Gasteiger partial charge in [-0.1, -0.05) is 12.1 Å². The first-order valence-electron chi connectivity index (χ1n) is 7.54. The molecule has 0 radical (unpaired) electrons. The second-order valence-electron chi connectivity index (χ2n) is 6.03. The summed E-state index contributed by atoms with van der Waals surface area (Å²) in [6, 6.07) is 6.17. The van der Waals surface area contributed by atoms with E-state index in [1.165, 1.54) is 18.6 Å². The van der Waals surface area contributed by atoms with Crippen LogP contribution in [0, 0.1) is 11.2 Å². The number of nitrogens with zero attached hydrogens (tertiary/aromatic N) is 1. The third-order valence-corrected chi connectivity index (χ3v) is 4.70. The molecule has 21 heavy (non-hydrogen) atoms. The molecule has 1 N–H and O–H groups in total. The van der Waals surface area contributed by atoms with Crippen molar-refractivity contribution in [2.75, 3.05) is 32.8 Å². The van der Waals surface area contributed by atoms with E-state index in [0.717, 1.165) is 39.0 Å². The van der Waals surface area contributed by atoms with Gasteiger partial charge in [-0.05, 0) is 43.4 Å². The summed E-state index contributed by atoms with van der Waals surface area (Å²) in [5, 5.41) is 3.41. The standard InChI is InChI=1S/C16H21FN2O2/c17-13-3-1-2-4-14(13)21-11-15(20)19-9-6-16(7-10-19)5-8-18-12-16/h1-4,18H,5-12H2. The van der Waals surface area contributed by atoms with Crippen molar-refractivity contribution in [2.45, 2.75) is 19.3 Å². The quantitative estimate of drug-likeness (QED) is 0.924. The predicted molar refractivity (Wildman–Crippen MR) is 77.6 cm³/mol. The van der Waals surface area contributed by atoms with E-state index in [2.05, 4.69) is 5.32 Å². The Balaban J connectivity index is 1.49. The number of benzene rings is 1. The molecule has 4 nitrogen and oxygen atoms in total. The van der Waals surface area contributed by atoms with Crippen molar-refractivity contribution in [1.29, 1.82) is 0 Å². The van der Waals surface area contributed by atoms with Gasteiger partial charge in [0.15, 0.2) is 18.2 Å². The Morgan fingerprint density at radius 2 is 2.05 bits per heavy atom. The molecule has 1 spiro atoms. The van der Waals surface area contributed by atoms with Crippen LogP contribution in [0.25, 0.3) is 0 Å². The molecule has 1 aromatic rings. The lowest BCUT2D eigenvalue weighted by Crippen LogP contribution is -2.45. The van der Waals surface area contributed by atoms with E-state index in [1.54, 1.807) is 12.1 Å². The monoisotopic (exact) mass is 292 g/mol. The van der Waals surface area contributed by atoms with Gasteiger partial charge >= 0.3 is 0 Å². The minimum Gasteiger partial charge on any atom is -0.481 e. The van der Waals surface area contributed by atoms with Gasteiger partial charge in [0.25, 0.3) is 5.91 Å². The summed E-state index contributed by atoms with van der Waals surface area (Å²) >= 11 is 0. The lowest BCUT2D eigenvalue weighted by molar-refractivity contribution is -0.135. The molecule has 1 amide bonds. The number of likely N-dealkylation sites (tertiary alicyclic amines) is 1. The molecular formula is C16H21FN2O2. The Labute approximate surface area is 124 Å². The number of halogens is 1. The van der Waals surface area contributed by atoms with Gasteiger partial charge in [0, 0.05) is 19.6 Å². The Morgan fingerprint density at radius 3 is 2.71 bits per heavy atom. The van der Waals surface area contributed by atoms with Gasteiger partial charge in [-0.2, -0.15) is 0 Å². The highest BCUT2D eigenvalue weighted by molar-refractivity contribution is 5.77. The van der Waals surface area contributed by atoms with E-state index in [4.69, 9.17) is 4.74 Å². The van der Waals surface area contributed by atoms with Gasteiger partial charge in [0.05, 0.1) is 0 Å². The van der Waals surface area contributed by atoms with E-state index in [-0.39, 0.29) is 18.3 Å². The van der Waals surface area contributed by atoms with E-state index in [1.807, 2.05) is 4.90 Å². The van der Waals surface area contributed by atoms with Gasteiger partial charge < -0.3 is 15.0 Å². The van der Waals surface area contributed by atoms with E-state index in [0.29, 0.717) is 5.41 Å². The first kappa shape index (κ1) is 14.3. The molecule has 0 atom stereocenters. The number of hydrogen-bond acceptors (Lipinski definition) is 3. The third kappa shape index (κ3) is 3.18. The molecule has 114 valence electrons. The maximum Gasteiger partial charge on any atom is 0.260 e. The van der Waals surface area contributed by atoms with Gasteiger partial charge in [-0.3, -0.25) is 4.79 Å². The fourth-order valence-corrected chi connectivity index (χ4v) is 3.25. The Hall–Kier alpha value is -1.62. The number of carbonyl (C=O) groups is 1. The lowest BCUT2D eigenvalue weighted by Gasteiger charge is -2.38. The molecule has 0 unspecified atom stereocenters. The van der Waals surface area contributed by atoms with Crippen molar-refractivity contribution in [2.24, 2.45) is 5.41 Å². The number of hydrogen-bond donors (Lipinski definition) is 1. The summed E-state index contributed by atoms with van der Waals surface area (Å²) in [7, 11) is 0. The Morgan fingerprint density at radius 1 is 1.29 bits per heavy atom. The maximum absolute atomic E-state index is 13.4. The minimum atomic E-state index is -0.431. The first-order valence-corrected chi connectivity index (χ1v) is 7.54. The van der Waals surface area contributed by atoms with Crippen LogP contribution >= 0.6 is 0 Å². The normalized spacial score (nSPS) is 20.7. The number of amides is 1. The third-order valence-electron chi connectivity index (χ3n) is 4.70. The van der Waals surface area contributed by atoms with Crippen molar-refractivity contribution in [3.05, 3.63) is 30.1 Å². The average molecular weight is 292 g/mol. The summed E-state index contributed by atoms with van der Waals surface area (Å²) < 4.78 is 18.7. The second kappa shape index (κ2) is 6.02. The second-order valence-corrected chi connectivity index (χ2v) is 6.03. The number of ether oxygens (including phenoxy) is 1. The zero-order chi connectivity index (χ0) is 14.7. The average Bonchev–Trinajstić information content (AvgIpc) is 2.95. The van der Waals surface area contributed by atoms with Crippen molar-refractivity contribution in [3.63, 3.8) is 0 Å². The van der Waals surface area contributed by atoms with E-state index in [9.17, 15) is 9.18 Å². The van der Waals surface area contributed by atoms with Crippen LogP contribution in [-0.2, 0) is 4.79 Å². The van der Waals surface area contributed by atoms with Gasteiger partial charge in [0.1, 0.15) is 0 Å². The van der Waals surface area contributed by atoms with Crippen molar-refractivity contribution >= 4 is 5.91 Å². The van der Waals surface area contributed by atoms with Gasteiger partial charge in [0.2, 0.25) is 0 Å². The number of rotatable bonds is 3. The number of piperidine rings is 1. The predicted octanol–water partition coefficient (Wildman–Crippen LogP) is 1.81. The molecule has 2 heterocycles. The fraction of sp³-hybridized carbons (Fsp3) is 0.562. The molecular weight excluding hydrogens is 271 g/mol. The van der Waals surface area contributed by atoms with Crippen molar-refractivity contribution in [3.8, 4) is 5.75 Å². The summed E-state index contributed by atoms with van der Waals surface area (Å²) in [6.45, 7) is 3.62. The van der Waals surface area contributed by atoms with Crippen LogP contribution < -0.4 is 10.1 Å². The molecule has 3 rings (SSSR count). The highest BCUT2D eigenvalue weighted by atomic mass is 19.1. The van der Waals surface area contributed by atoms with E-state index >= 15 is 0 Å². The van der Waals surface area contributed by atoms with Crippen LogP contribution in [0.3, 0.4) is 0 Å². The van der Waals surface area contributed by atoms with E-state index < -0.39 is 5.82 Å². The van der Waals surface area contributed by atoms with Crippen LogP contribution in [0.1, 0.15) is 19.3 Å². The SMILES string of the molecule is O=C(COc1ccccc1F)N1CCC2(CCNC2)CC1. The molecule has 5 heteroatoms. The van der Waals surface area contributed by atoms with Crippen LogP contribution in [0.4, 0.5) is 4.39 Å². The maximum atomic E-state index is 13.4. The largest absolute Gasteiger partial charge is 0.481 e. The molecule has 0 aromatic heterocycles. The Kier molecular flexibility index (Phi) is 4.10. The van der Waals surface area contributed by atoms with Crippen molar-refractivity contribution < 1.29 is 13.9 Å². The summed E-state index contributed by atoms with van der Waals surface area (Å²) in [5.74, 6) is -0.349. The molecule has 0 aliphatic carbocycles. The highest BCUT2D eigenvalue weighted by Crippen LogP contribution is 2.36. The number of para-hydroxylation sites is 1. The fourth-order valence-electron chi connectivity index (χ4n) is 3.25. The molecule has 2 aliphatic rings. The first-order chi connectivity index (χ1) is 10.2. The minimum absolute atomic E-state index is 0.0564. The zero-order valence-electron chi connectivity index (χ0n) is 12.1. The molecule has 0 saturated carbocycles. The topological polar surface area (TPSA) is 41.6 Å². The Bertz CT molecular complexity index is 505. The van der Waals surface area contributed by atoms with Gasteiger partial charge in [-0.25, -0.2) is 4.39 Å². The molecule has 2 fully saturated rings. The molecule has 1 aromatic carbocycles. The van der Waals surface area contributed by atoms with Crippen LogP contribution in [0.5, 0.6) is 5.75 Å². The molecule has 2 saturated heterocycles.